The number of nitrogens with zero attached hydrogens (tertiary/aromatic N) is 3. The van der Waals surface area contributed by atoms with Gasteiger partial charge >= 0.3 is 6.03 Å². The van der Waals surface area contributed by atoms with Crippen molar-refractivity contribution in [3.05, 3.63) is 51.6 Å². The maximum atomic E-state index is 14.1. The number of carbonyl (C=O) groups excluding carboxylic acids is 6. The van der Waals surface area contributed by atoms with Crippen LogP contribution in [0.1, 0.15) is 22.3 Å². The number of hydrogen-bond acceptors (Lipinski definition) is 12. The molecule has 2 saturated carbocycles. The van der Waals surface area contributed by atoms with Gasteiger partial charge in [-0.25, -0.2) is 4.79 Å². The summed E-state index contributed by atoms with van der Waals surface area (Å²) in [4.78, 5) is 93.3. The zero-order valence-electron chi connectivity index (χ0n) is 25.3. The number of ketones is 4. The summed E-state index contributed by atoms with van der Waals surface area (Å²) in [6, 6.07) is 4.33. The minimum absolute atomic E-state index is 0.0438. The number of Topliss-reactive ketones (excluding diaryl/α,β-unsaturated/α-hetero) is 4. The molecule has 0 heterocycles. The number of fused-ring (bicyclic) bond motifs is 3. The summed E-state index contributed by atoms with van der Waals surface area (Å²) in [7, 11) is 6.34. The Morgan fingerprint density at radius 1 is 1.04 bits per heavy atom. The Morgan fingerprint density at radius 2 is 1.67 bits per heavy atom. The van der Waals surface area contributed by atoms with Crippen molar-refractivity contribution in [3.63, 3.8) is 0 Å². The summed E-state index contributed by atoms with van der Waals surface area (Å²) in [5.41, 5.74) is 2.79. The molecule has 0 radical (unpaired) electrons. The van der Waals surface area contributed by atoms with Crippen molar-refractivity contribution in [2.45, 2.75) is 24.5 Å². The number of nitrogens with two attached hydrogens (primary N) is 1. The van der Waals surface area contributed by atoms with Crippen molar-refractivity contribution in [2.75, 3.05) is 43.7 Å². The summed E-state index contributed by atoms with van der Waals surface area (Å²) in [6.07, 6.45) is -0.0582. The average Bonchev–Trinajstić information content (AvgIpc) is 2.96. The lowest BCUT2D eigenvalue weighted by molar-refractivity contribution is -0.384. The van der Waals surface area contributed by atoms with Crippen LogP contribution in [0.15, 0.2) is 30.3 Å². The first-order valence-corrected chi connectivity index (χ1v) is 14.2. The molecule has 16 nitrogen and oxygen atoms in total. The number of hydrogen-bond donors (Lipinski definition) is 5. The highest BCUT2D eigenvalue weighted by Gasteiger charge is 2.69. The summed E-state index contributed by atoms with van der Waals surface area (Å²) in [6.45, 7) is 0. The number of nitro groups is 1. The largest absolute Gasteiger partial charge is 0.505 e. The van der Waals surface area contributed by atoms with Gasteiger partial charge in [0.1, 0.15) is 5.75 Å². The van der Waals surface area contributed by atoms with E-state index in [0.29, 0.717) is 11.3 Å². The Balaban J connectivity index is 1.54. The topological polar surface area (TPSA) is 243 Å². The van der Waals surface area contributed by atoms with Gasteiger partial charge in [-0.2, -0.15) is 0 Å². The molecule has 2 fully saturated rings. The van der Waals surface area contributed by atoms with Gasteiger partial charge in [-0.15, -0.1) is 0 Å². The number of aliphatic hydroxyl groups is 1. The van der Waals surface area contributed by atoms with E-state index in [0.717, 1.165) is 0 Å². The van der Waals surface area contributed by atoms with Gasteiger partial charge in [0.15, 0.2) is 34.7 Å². The summed E-state index contributed by atoms with van der Waals surface area (Å²) < 4.78 is 0. The fourth-order valence-corrected chi connectivity index (χ4v) is 7.10. The lowest BCUT2D eigenvalue weighted by Crippen LogP contribution is -2.74. The number of likely N-dealkylation sites (N-methyl/N-ethyl adjacent to an activating group) is 1. The Morgan fingerprint density at radius 3 is 2.22 bits per heavy atom. The van der Waals surface area contributed by atoms with Gasteiger partial charge in [0, 0.05) is 43.5 Å². The number of amides is 3. The molecule has 2 aromatic rings. The van der Waals surface area contributed by atoms with Crippen LogP contribution in [0.5, 0.6) is 5.75 Å². The third-order valence-corrected chi connectivity index (χ3v) is 9.10. The molecular formula is C30H32N6O10. The predicted molar refractivity (Wildman–Crippen MR) is 161 cm³/mol. The van der Waals surface area contributed by atoms with Gasteiger partial charge in [0.25, 0.3) is 5.69 Å². The van der Waals surface area contributed by atoms with E-state index in [4.69, 9.17) is 5.73 Å². The molecule has 2 aromatic carbocycles. The number of nitro benzene ring substituents is 1. The molecule has 0 bridgehead atoms. The molecule has 0 saturated heterocycles. The molecule has 16 heteroatoms. The number of aromatic hydroxyl groups is 1. The Labute approximate surface area is 261 Å². The first-order valence-electron chi connectivity index (χ1n) is 14.2. The maximum Gasteiger partial charge on any atom is 0.323 e. The Hall–Kier alpha value is -5.22. The van der Waals surface area contributed by atoms with Gasteiger partial charge in [-0.1, -0.05) is 0 Å². The van der Waals surface area contributed by atoms with E-state index in [1.165, 1.54) is 49.3 Å². The van der Waals surface area contributed by atoms with Crippen molar-refractivity contribution in [1.29, 1.82) is 0 Å². The molecule has 6 N–H and O–H groups in total. The Kier molecular flexibility index (Phi) is 7.90. The van der Waals surface area contributed by atoms with Gasteiger partial charge in [-0.3, -0.25) is 39.0 Å². The number of urea groups is 1. The van der Waals surface area contributed by atoms with Crippen LogP contribution < -0.4 is 21.3 Å². The van der Waals surface area contributed by atoms with Crippen molar-refractivity contribution in [2.24, 2.45) is 29.4 Å². The molecule has 3 aliphatic carbocycles. The third-order valence-electron chi connectivity index (χ3n) is 9.10. The zero-order chi connectivity index (χ0) is 34.0. The minimum Gasteiger partial charge on any atom is -0.505 e. The maximum absolute atomic E-state index is 14.1. The summed E-state index contributed by atoms with van der Waals surface area (Å²) in [5.74, 6) is -12.0. The molecule has 0 aromatic heterocycles. The first kappa shape index (κ1) is 32.2. The van der Waals surface area contributed by atoms with E-state index in [9.17, 15) is 49.1 Å². The number of primary amides is 1. The van der Waals surface area contributed by atoms with Crippen LogP contribution in [0.2, 0.25) is 0 Å². The molecule has 0 aliphatic heterocycles. The van der Waals surface area contributed by atoms with Crippen LogP contribution in [0.3, 0.4) is 0 Å². The van der Waals surface area contributed by atoms with Gasteiger partial charge in [0.2, 0.25) is 5.91 Å². The first-order chi connectivity index (χ1) is 21.5. The minimum atomic E-state index is -2.86. The lowest BCUT2D eigenvalue weighted by atomic mass is 9.52. The van der Waals surface area contributed by atoms with Gasteiger partial charge < -0.3 is 31.5 Å². The van der Waals surface area contributed by atoms with Gasteiger partial charge in [-0.05, 0) is 56.6 Å². The molecule has 6 atom stereocenters. The second-order valence-corrected chi connectivity index (χ2v) is 12.2. The number of anilines is 3. The highest BCUT2D eigenvalue weighted by molar-refractivity contribution is 6.32. The number of phenols is 1. The number of non-ortho nitro benzene ring substituents is 1. The molecule has 3 aliphatic rings. The van der Waals surface area contributed by atoms with Crippen LogP contribution in [0.4, 0.5) is 27.5 Å². The van der Waals surface area contributed by atoms with Crippen LogP contribution in [0, 0.1) is 33.8 Å². The van der Waals surface area contributed by atoms with Crippen LogP contribution in [-0.2, 0) is 25.6 Å². The average molecular weight is 637 g/mol. The molecular weight excluding hydrogens is 604 g/mol. The van der Waals surface area contributed by atoms with Crippen molar-refractivity contribution >= 4 is 57.8 Å². The smallest absolute Gasteiger partial charge is 0.323 e. The van der Waals surface area contributed by atoms with Crippen LogP contribution in [-0.4, -0.2) is 94.9 Å². The SMILES string of the molecule is CN(C)c1cc(NC(=O)Nc2ccc([N+](=O)[O-])cc2)c(O)c2c1C[C@H]1C[C@H]3[C@H](N(C)C)C(=O)C(C(N)=O)C(=O)[C@@]3(O)C(=O)C1C2=O. The number of nitrogens with one attached hydrogen (secondary N) is 2. The molecule has 2 unspecified atom stereocenters. The monoisotopic (exact) mass is 636 g/mol. The molecule has 3 amide bonds. The fourth-order valence-electron chi connectivity index (χ4n) is 7.10. The molecule has 5 rings (SSSR count). The third kappa shape index (κ3) is 4.85. The van der Waals surface area contributed by atoms with Crippen molar-refractivity contribution < 1.29 is 43.9 Å². The standard InChI is InChI=1S/C30H32N6O10/c1-34(2)18-11-17(33-29(43)32-13-5-7-14(8-6-13)36(45)46)23(37)20-15(18)9-12-10-16-22(35(3)4)25(39)21(28(31)42)27(41)30(16,44)26(40)19(12)24(20)38/h5-8,11-12,16,19,21-22,37,44H,9-10H2,1-4H3,(H2,31,42)(H2,32,33,43)/t12-,16-,19?,21?,22-,30-/m0/s1. The van der Waals surface area contributed by atoms with E-state index >= 15 is 0 Å². The number of phenolic OH excluding ortho intramolecular Hbond substituents is 1. The normalized spacial score (nSPS) is 27.0. The van der Waals surface area contributed by atoms with Crippen LogP contribution in [0.25, 0.3) is 0 Å². The summed E-state index contributed by atoms with van der Waals surface area (Å²) >= 11 is 0. The quantitative estimate of drug-likeness (QED) is 0.126. The van der Waals surface area contributed by atoms with Crippen molar-refractivity contribution in [1.82, 2.24) is 4.90 Å². The fraction of sp³-hybridized carbons (Fsp3) is 0.400. The van der Waals surface area contributed by atoms with E-state index < -0.39 is 81.1 Å². The molecule has 242 valence electrons. The van der Waals surface area contributed by atoms with E-state index in [2.05, 4.69) is 10.6 Å². The highest BCUT2D eigenvalue weighted by Crippen LogP contribution is 2.52. The second-order valence-electron chi connectivity index (χ2n) is 12.2. The highest BCUT2D eigenvalue weighted by atomic mass is 16.6. The number of benzene rings is 2. The van der Waals surface area contributed by atoms with Crippen molar-refractivity contribution in [3.8, 4) is 5.75 Å². The van der Waals surface area contributed by atoms with Gasteiger partial charge in [0.05, 0.1) is 28.1 Å². The van der Waals surface area contributed by atoms with E-state index in [1.54, 1.807) is 19.0 Å². The van der Waals surface area contributed by atoms with E-state index in [1.807, 2.05) is 0 Å². The zero-order valence-corrected chi connectivity index (χ0v) is 25.3. The van der Waals surface area contributed by atoms with Crippen LogP contribution >= 0.6 is 0 Å². The lowest BCUT2D eigenvalue weighted by Gasteiger charge is -2.52. The predicted octanol–water partition coefficient (Wildman–Crippen LogP) is 0.485. The summed E-state index contributed by atoms with van der Waals surface area (Å²) in [5, 5.41) is 38.9. The second kappa shape index (κ2) is 11.3. The number of rotatable bonds is 6. The molecule has 0 spiro atoms. The molecule has 46 heavy (non-hydrogen) atoms. The number of carbonyl (C=O) groups is 6. The Bertz CT molecular complexity index is 1720. The van der Waals surface area contributed by atoms with E-state index in [-0.39, 0.29) is 35.5 Å².